The standard InChI is InChI=1S/C25H29N3O4/c1-4-17-32-21-12-8-6-10-19(21)28-24(29)22(18-9-5-7-11-20(18)31-3)23(25(28)30)27-15-13-26(2)14-16-27/h5-12H,4,13-17H2,1-3H3. The zero-order chi connectivity index (χ0) is 22.7. The zero-order valence-electron chi connectivity index (χ0n) is 18.8. The quantitative estimate of drug-likeness (QED) is 0.623. The summed E-state index contributed by atoms with van der Waals surface area (Å²) in [5.74, 6) is 0.400. The number of hydrogen-bond donors (Lipinski definition) is 0. The summed E-state index contributed by atoms with van der Waals surface area (Å²) in [6, 6.07) is 14.5. The number of imide groups is 1. The highest BCUT2D eigenvalue weighted by molar-refractivity contribution is 6.46. The van der Waals surface area contributed by atoms with Crippen molar-refractivity contribution in [2.24, 2.45) is 0 Å². The number of benzene rings is 2. The zero-order valence-corrected chi connectivity index (χ0v) is 18.8. The SMILES string of the molecule is CCCOc1ccccc1N1C(=O)C(c2ccccc2OC)=C(N2CCN(C)CC2)C1=O. The van der Waals surface area contributed by atoms with Gasteiger partial charge in [-0.2, -0.15) is 0 Å². The summed E-state index contributed by atoms with van der Waals surface area (Å²) in [4.78, 5) is 33.1. The van der Waals surface area contributed by atoms with Gasteiger partial charge in [-0.15, -0.1) is 0 Å². The van der Waals surface area contributed by atoms with Gasteiger partial charge in [0.15, 0.2) is 0 Å². The number of amides is 2. The topological polar surface area (TPSA) is 62.3 Å². The van der Waals surface area contributed by atoms with E-state index in [2.05, 4.69) is 11.9 Å². The van der Waals surface area contributed by atoms with Gasteiger partial charge in [-0.05, 0) is 31.7 Å². The third kappa shape index (κ3) is 3.96. The average Bonchev–Trinajstić information content (AvgIpc) is 3.08. The molecule has 0 N–H and O–H groups in total. The van der Waals surface area contributed by atoms with Crippen molar-refractivity contribution in [1.82, 2.24) is 9.80 Å². The molecule has 2 heterocycles. The first-order valence-electron chi connectivity index (χ1n) is 11.0. The Labute approximate surface area is 188 Å². The predicted molar refractivity (Wildman–Crippen MR) is 124 cm³/mol. The molecular formula is C25H29N3O4. The van der Waals surface area contributed by atoms with Crippen LogP contribution in [0, 0.1) is 0 Å². The van der Waals surface area contributed by atoms with E-state index in [0.29, 0.717) is 53.7 Å². The van der Waals surface area contributed by atoms with Gasteiger partial charge >= 0.3 is 0 Å². The van der Waals surface area contributed by atoms with Crippen LogP contribution in [0.1, 0.15) is 18.9 Å². The van der Waals surface area contributed by atoms with Crippen molar-refractivity contribution in [2.45, 2.75) is 13.3 Å². The van der Waals surface area contributed by atoms with Gasteiger partial charge in [0.2, 0.25) is 0 Å². The number of piperazine rings is 1. The second-order valence-electron chi connectivity index (χ2n) is 7.98. The Morgan fingerprint density at radius 1 is 0.875 bits per heavy atom. The fourth-order valence-corrected chi connectivity index (χ4v) is 4.13. The van der Waals surface area contributed by atoms with Crippen LogP contribution in [-0.4, -0.2) is 68.6 Å². The van der Waals surface area contributed by atoms with Gasteiger partial charge in [0, 0.05) is 31.7 Å². The number of likely N-dealkylation sites (N-methyl/N-ethyl adjacent to an activating group) is 1. The fourth-order valence-electron chi connectivity index (χ4n) is 4.13. The summed E-state index contributed by atoms with van der Waals surface area (Å²) in [6.45, 7) is 5.50. The molecule has 2 amide bonds. The fraction of sp³-hybridized carbons (Fsp3) is 0.360. The van der Waals surface area contributed by atoms with Crippen LogP contribution >= 0.6 is 0 Å². The van der Waals surface area contributed by atoms with Crippen LogP contribution in [-0.2, 0) is 9.59 Å². The molecule has 7 nitrogen and oxygen atoms in total. The van der Waals surface area contributed by atoms with Gasteiger partial charge in [0.1, 0.15) is 17.2 Å². The predicted octanol–water partition coefficient (Wildman–Crippen LogP) is 3.02. The van der Waals surface area contributed by atoms with Gasteiger partial charge in [-0.1, -0.05) is 37.3 Å². The molecule has 32 heavy (non-hydrogen) atoms. The van der Waals surface area contributed by atoms with Crippen molar-refractivity contribution in [3.63, 3.8) is 0 Å². The minimum Gasteiger partial charge on any atom is -0.496 e. The lowest BCUT2D eigenvalue weighted by Gasteiger charge is -2.34. The van der Waals surface area contributed by atoms with E-state index >= 15 is 0 Å². The van der Waals surface area contributed by atoms with Crippen LogP contribution in [0.25, 0.3) is 5.57 Å². The van der Waals surface area contributed by atoms with E-state index < -0.39 is 0 Å². The highest BCUT2D eigenvalue weighted by Gasteiger charge is 2.44. The molecule has 1 fully saturated rings. The monoisotopic (exact) mass is 435 g/mol. The lowest BCUT2D eigenvalue weighted by atomic mass is 10.0. The van der Waals surface area contributed by atoms with E-state index in [4.69, 9.17) is 9.47 Å². The highest BCUT2D eigenvalue weighted by Crippen LogP contribution is 2.41. The Morgan fingerprint density at radius 3 is 2.22 bits per heavy atom. The van der Waals surface area contributed by atoms with Gasteiger partial charge < -0.3 is 19.3 Å². The van der Waals surface area contributed by atoms with E-state index in [1.54, 1.807) is 19.2 Å². The van der Waals surface area contributed by atoms with Crippen molar-refractivity contribution in [3.8, 4) is 11.5 Å². The van der Waals surface area contributed by atoms with Crippen LogP contribution < -0.4 is 14.4 Å². The largest absolute Gasteiger partial charge is 0.496 e. The van der Waals surface area contributed by atoms with Gasteiger partial charge in [-0.3, -0.25) is 9.59 Å². The first kappa shape index (κ1) is 21.9. The Bertz CT molecular complexity index is 1040. The molecule has 0 aliphatic carbocycles. The summed E-state index contributed by atoms with van der Waals surface area (Å²) in [7, 11) is 3.63. The molecule has 0 radical (unpaired) electrons. The normalized spacial score (nSPS) is 17.3. The Balaban J connectivity index is 1.83. The first-order valence-corrected chi connectivity index (χ1v) is 11.0. The first-order chi connectivity index (χ1) is 15.6. The minimum absolute atomic E-state index is 0.326. The van der Waals surface area contributed by atoms with E-state index in [-0.39, 0.29) is 11.8 Å². The van der Waals surface area contributed by atoms with Crippen molar-refractivity contribution < 1.29 is 19.1 Å². The number of para-hydroxylation sites is 3. The third-order valence-electron chi connectivity index (χ3n) is 5.82. The number of hydrogen-bond acceptors (Lipinski definition) is 6. The summed E-state index contributed by atoms with van der Waals surface area (Å²) in [6.07, 6.45) is 0.827. The van der Waals surface area contributed by atoms with Crippen molar-refractivity contribution in [2.75, 3.05) is 51.8 Å². The molecule has 0 atom stereocenters. The Kier molecular flexibility index (Phi) is 6.46. The van der Waals surface area contributed by atoms with Crippen LogP contribution in [0.5, 0.6) is 11.5 Å². The number of carbonyl (C=O) groups excluding carboxylic acids is 2. The number of ether oxygens (including phenoxy) is 2. The van der Waals surface area contributed by atoms with Gasteiger partial charge in [0.25, 0.3) is 11.8 Å². The average molecular weight is 436 g/mol. The second kappa shape index (κ2) is 9.44. The van der Waals surface area contributed by atoms with Crippen molar-refractivity contribution in [3.05, 3.63) is 59.8 Å². The number of nitrogens with zero attached hydrogens (tertiary/aromatic N) is 3. The van der Waals surface area contributed by atoms with E-state index in [0.717, 1.165) is 19.5 Å². The van der Waals surface area contributed by atoms with Gasteiger partial charge in [0.05, 0.1) is 25.0 Å². The molecule has 0 saturated carbocycles. The molecular weight excluding hydrogens is 406 g/mol. The number of carbonyl (C=O) groups is 2. The van der Waals surface area contributed by atoms with Gasteiger partial charge in [-0.25, -0.2) is 4.90 Å². The van der Waals surface area contributed by atoms with Crippen LogP contribution in [0.3, 0.4) is 0 Å². The summed E-state index contributed by atoms with van der Waals surface area (Å²) in [5, 5.41) is 0. The molecule has 4 rings (SSSR count). The maximum absolute atomic E-state index is 13.8. The third-order valence-corrected chi connectivity index (χ3v) is 5.82. The Hall–Kier alpha value is -3.32. The minimum atomic E-state index is -0.360. The summed E-state index contributed by atoms with van der Waals surface area (Å²) < 4.78 is 11.4. The Morgan fingerprint density at radius 2 is 1.53 bits per heavy atom. The summed E-state index contributed by atoms with van der Waals surface area (Å²) >= 11 is 0. The lowest BCUT2D eigenvalue weighted by molar-refractivity contribution is -0.120. The maximum Gasteiger partial charge on any atom is 0.282 e. The lowest BCUT2D eigenvalue weighted by Crippen LogP contribution is -2.46. The molecule has 7 heteroatoms. The van der Waals surface area contributed by atoms with E-state index in [9.17, 15) is 9.59 Å². The smallest absolute Gasteiger partial charge is 0.282 e. The molecule has 2 aromatic rings. The molecule has 168 valence electrons. The van der Waals surface area contributed by atoms with Crippen molar-refractivity contribution in [1.29, 1.82) is 0 Å². The van der Waals surface area contributed by atoms with Crippen LogP contribution in [0.15, 0.2) is 54.2 Å². The van der Waals surface area contributed by atoms with Crippen molar-refractivity contribution >= 4 is 23.1 Å². The molecule has 0 aromatic heterocycles. The molecule has 0 unspecified atom stereocenters. The van der Waals surface area contributed by atoms with Crippen LogP contribution in [0.4, 0.5) is 5.69 Å². The molecule has 1 saturated heterocycles. The molecule has 0 spiro atoms. The molecule has 2 aromatic carbocycles. The molecule has 0 bridgehead atoms. The maximum atomic E-state index is 13.8. The molecule has 2 aliphatic rings. The number of rotatable bonds is 7. The summed E-state index contributed by atoms with van der Waals surface area (Å²) in [5.41, 5.74) is 1.89. The molecule has 2 aliphatic heterocycles. The van der Waals surface area contributed by atoms with E-state index in [1.165, 1.54) is 4.90 Å². The van der Waals surface area contributed by atoms with E-state index in [1.807, 2.05) is 48.2 Å². The van der Waals surface area contributed by atoms with Crippen LogP contribution in [0.2, 0.25) is 0 Å². The number of anilines is 1. The number of methoxy groups -OCH3 is 1. The highest BCUT2D eigenvalue weighted by atomic mass is 16.5. The second-order valence-corrected chi connectivity index (χ2v) is 7.98.